The molecule has 42 heavy (non-hydrogen) atoms. The van der Waals surface area contributed by atoms with Gasteiger partial charge in [0, 0.05) is 18.5 Å². The quantitative estimate of drug-likeness (QED) is 0.280. The van der Waals surface area contributed by atoms with E-state index in [9.17, 15) is 4.79 Å². The highest BCUT2D eigenvalue weighted by atomic mass is 35.5. The number of carbonyl (C=O) groups is 1. The van der Waals surface area contributed by atoms with Crippen molar-refractivity contribution in [3.63, 3.8) is 0 Å². The van der Waals surface area contributed by atoms with Crippen LogP contribution in [0.25, 0.3) is 0 Å². The lowest BCUT2D eigenvalue weighted by molar-refractivity contribution is -0.119. The third-order valence-corrected chi connectivity index (χ3v) is 14.5. The number of carbonyl (C=O) groups excluding carboxylic acids is 1. The molecule has 2 heterocycles. The van der Waals surface area contributed by atoms with Gasteiger partial charge in [-0.3, -0.25) is 4.79 Å². The van der Waals surface area contributed by atoms with Crippen LogP contribution in [0.1, 0.15) is 44.7 Å². The predicted molar refractivity (Wildman–Crippen MR) is 176 cm³/mol. The van der Waals surface area contributed by atoms with E-state index in [1.165, 1.54) is 0 Å². The number of anilines is 1. The number of rotatable bonds is 10. The Hall–Kier alpha value is -1.89. The fourth-order valence-electron chi connectivity index (χ4n) is 5.51. The van der Waals surface area contributed by atoms with Crippen LogP contribution in [0.15, 0.2) is 36.4 Å². The van der Waals surface area contributed by atoms with Crippen molar-refractivity contribution < 1.29 is 23.1 Å². The average Bonchev–Trinajstić information content (AvgIpc) is 2.90. The van der Waals surface area contributed by atoms with Crippen LogP contribution in [0.4, 0.5) is 5.69 Å². The van der Waals surface area contributed by atoms with Crippen molar-refractivity contribution in [2.45, 2.75) is 96.1 Å². The molecule has 1 saturated heterocycles. The minimum atomic E-state index is -2.09. The number of fused-ring (bicyclic) bond motifs is 1. The molecule has 0 aliphatic carbocycles. The van der Waals surface area contributed by atoms with E-state index in [2.05, 4.69) is 58.8 Å². The number of ether oxygens (including phenoxy) is 2. The van der Waals surface area contributed by atoms with Crippen LogP contribution in [0, 0.1) is 0 Å². The Morgan fingerprint density at radius 2 is 1.74 bits per heavy atom. The predicted octanol–water partition coefficient (Wildman–Crippen LogP) is 7.18. The molecule has 0 aromatic heterocycles. The first-order chi connectivity index (χ1) is 19.6. The van der Waals surface area contributed by atoms with Crippen molar-refractivity contribution in [1.82, 2.24) is 5.32 Å². The first kappa shape index (κ1) is 33.0. The van der Waals surface area contributed by atoms with Gasteiger partial charge in [-0.15, -0.1) is 0 Å². The zero-order valence-electron chi connectivity index (χ0n) is 26.9. The number of hydrogen-bond donors (Lipinski definition) is 1. The summed E-state index contributed by atoms with van der Waals surface area (Å²) >= 11 is 6.78. The molecule has 1 amide bonds. The number of amides is 1. The number of piperidine rings is 1. The molecule has 0 radical (unpaired) electrons. The van der Waals surface area contributed by atoms with Gasteiger partial charge in [0.25, 0.3) is 0 Å². The van der Waals surface area contributed by atoms with Crippen molar-refractivity contribution in [1.29, 1.82) is 0 Å². The van der Waals surface area contributed by atoms with Gasteiger partial charge >= 0.3 is 0 Å². The lowest BCUT2D eigenvalue weighted by Gasteiger charge is -2.51. The highest BCUT2D eigenvalue weighted by Gasteiger charge is 2.50. The molecule has 0 spiro atoms. The molecule has 10 heteroatoms. The zero-order valence-corrected chi connectivity index (χ0v) is 29.6. The maximum absolute atomic E-state index is 13.2. The van der Waals surface area contributed by atoms with Crippen molar-refractivity contribution in [3.05, 3.63) is 52.5 Å². The smallest absolute Gasteiger partial charge is 0.227 e. The molecule has 4 rings (SSSR count). The fourth-order valence-corrected chi connectivity index (χ4v) is 8.67. The Morgan fingerprint density at radius 3 is 2.36 bits per heavy atom. The molecule has 0 bridgehead atoms. The molecule has 2 aromatic carbocycles. The second-order valence-electron chi connectivity index (χ2n) is 14.1. The number of nitrogens with zero attached hydrogens (tertiary/aromatic N) is 1. The third-order valence-electron chi connectivity index (χ3n) is 8.72. The largest absolute Gasteiger partial charge is 0.497 e. The molecule has 1 fully saturated rings. The normalized spacial score (nSPS) is 21.7. The first-order valence-electron chi connectivity index (χ1n) is 15.0. The summed E-state index contributed by atoms with van der Waals surface area (Å²) in [4.78, 5) is 15.0. The van der Waals surface area contributed by atoms with Gasteiger partial charge in [-0.05, 0) is 87.0 Å². The van der Waals surface area contributed by atoms with Gasteiger partial charge in [0.05, 0.1) is 30.5 Å². The minimum absolute atomic E-state index is 0.0529. The molecule has 2 aliphatic heterocycles. The Morgan fingerprint density at radius 1 is 1.05 bits per heavy atom. The van der Waals surface area contributed by atoms with Gasteiger partial charge < -0.3 is 28.5 Å². The van der Waals surface area contributed by atoms with Gasteiger partial charge in [0.15, 0.2) is 16.6 Å². The van der Waals surface area contributed by atoms with E-state index < -0.39 is 22.2 Å². The van der Waals surface area contributed by atoms with E-state index in [1.54, 1.807) is 12.0 Å². The highest BCUT2D eigenvalue weighted by Crippen LogP contribution is 2.43. The molecule has 0 saturated carbocycles. The van der Waals surface area contributed by atoms with Gasteiger partial charge in [-0.1, -0.05) is 44.5 Å². The molecule has 0 unspecified atom stereocenters. The summed E-state index contributed by atoms with van der Waals surface area (Å²) in [5.41, 5.74) is 2.13. The van der Waals surface area contributed by atoms with Crippen molar-refractivity contribution in [3.8, 4) is 11.5 Å². The van der Waals surface area contributed by atoms with Crippen LogP contribution in [0.3, 0.4) is 0 Å². The molecule has 2 aromatic rings. The lowest BCUT2D eigenvalue weighted by atomic mass is 9.90. The van der Waals surface area contributed by atoms with Crippen LogP contribution in [0.5, 0.6) is 11.5 Å². The summed E-state index contributed by atoms with van der Waals surface area (Å²) in [5.74, 6) is 1.59. The number of halogens is 1. The number of benzene rings is 2. The van der Waals surface area contributed by atoms with E-state index >= 15 is 0 Å². The first-order valence-corrected chi connectivity index (χ1v) is 21.7. The maximum Gasteiger partial charge on any atom is 0.227 e. The van der Waals surface area contributed by atoms with Crippen LogP contribution >= 0.6 is 11.6 Å². The lowest BCUT2D eigenvalue weighted by Crippen LogP contribution is -2.65. The van der Waals surface area contributed by atoms with Gasteiger partial charge in [-0.2, -0.15) is 0 Å². The summed E-state index contributed by atoms with van der Waals surface area (Å²) in [5, 5.41) is 4.18. The molecular weight excluding hydrogens is 584 g/mol. The van der Waals surface area contributed by atoms with Gasteiger partial charge in [0.2, 0.25) is 5.91 Å². The highest BCUT2D eigenvalue weighted by molar-refractivity contribution is 6.74. The Bertz CT molecular complexity index is 1260. The summed E-state index contributed by atoms with van der Waals surface area (Å²) in [7, 11) is -2.42. The van der Waals surface area contributed by atoms with E-state index in [1.807, 2.05) is 36.4 Å². The SMILES string of the molecule is COc1ccc(CN2C(=O)CCc3c(OC[C@@]4(O[Si](C)(C)C)CCNC[C@@H]4O[Si](C)(C)C(C)(C)C)ccc(Cl)c32)cc1. The minimum Gasteiger partial charge on any atom is -0.497 e. The fraction of sp³-hybridized carbons (Fsp3) is 0.594. The molecule has 232 valence electrons. The van der Waals surface area contributed by atoms with E-state index in [0.29, 0.717) is 31.0 Å². The number of hydrogen-bond acceptors (Lipinski definition) is 6. The second kappa shape index (κ2) is 12.6. The topological polar surface area (TPSA) is 69.3 Å². The number of nitrogens with one attached hydrogen (secondary N) is 1. The average molecular weight is 633 g/mol. The summed E-state index contributed by atoms with van der Waals surface area (Å²) in [6.45, 7) is 20.5. The molecular formula is C32H49ClN2O5Si2. The second-order valence-corrected chi connectivity index (χ2v) is 23.7. The molecule has 1 N–H and O–H groups in total. The van der Waals surface area contributed by atoms with Crippen LogP contribution in [0.2, 0.25) is 42.8 Å². The van der Waals surface area contributed by atoms with E-state index in [-0.39, 0.29) is 17.0 Å². The molecule has 2 aliphatic rings. The summed E-state index contributed by atoms with van der Waals surface area (Å²) < 4.78 is 26.1. The molecule has 2 atom stereocenters. The monoisotopic (exact) mass is 632 g/mol. The van der Waals surface area contributed by atoms with Crippen molar-refractivity contribution in [2.24, 2.45) is 0 Å². The van der Waals surface area contributed by atoms with Gasteiger partial charge in [0.1, 0.15) is 23.7 Å². The Balaban J connectivity index is 1.65. The maximum atomic E-state index is 13.2. The van der Waals surface area contributed by atoms with Crippen molar-refractivity contribution >= 4 is 39.8 Å². The van der Waals surface area contributed by atoms with Crippen LogP contribution in [-0.4, -0.2) is 61.1 Å². The van der Waals surface area contributed by atoms with E-state index in [0.717, 1.165) is 47.8 Å². The van der Waals surface area contributed by atoms with Crippen molar-refractivity contribution in [2.75, 3.05) is 31.7 Å². The zero-order chi connectivity index (χ0) is 30.9. The Kier molecular flexibility index (Phi) is 9.92. The van der Waals surface area contributed by atoms with Crippen LogP contribution < -0.4 is 19.7 Å². The van der Waals surface area contributed by atoms with E-state index in [4.69, 9.17) is 29.9 Å². The third kappa shape index (κ3) is 7.42. The van der Waals surface area contributed by atoms with Gasteiger partial charge in [-0.25, -0.2) is 0 Å². The Labute approximate surface area is 259 Å². The number of methoxy groups -OCH3 is 1. The standard InChI is InChI=1S/C32H49ClN2O5Si2/c1-31(2,3)42(8,9)39-28-20-34-19-18-32(28,40-41(5,6)7)22-38-27-16-15-26(33)30-25(27)14-17-29(36)35(30)21-23-10-12-24(37-4)13-11-23/h10-13,15-16,28,34H,14,17-22H2,1-9H3/t28-,32-/m0/s1. The summed E-state index contributed by atoms with van der Waals surface area (Å²) in [6, 6.07) is 11.6. The summed E-state index contributed by atoms with van der Waals surface area (Å²) in [6.07, 6.45) is 1.65. The molecule has 7 nitrogen and oxygen atoms in total. The van der Waals surface area contributed by atoms with Crippen LogP contribution in [-0.2, 0) is 26.6 Å².